The van der Waals surface area contributed by atoms with E-state index in [4.69, 9.17) is 9.47 Å². The van der Waals surface area contributed by atoms with Crippen molar-refractivity contribution < 1.29 is 22.7 Å². The molecule has 2 aliphatic heterocycles. The monoisotopic (exact) mass is 485 g/mol. The van der Waals surface area contributed by atoms with Crippen molar-refractivity contribution in [2.24, 2.45) is 0 Å². The third kappa shape index (κ3) is 4.70. The normalized spacial score (nSPS) is 19.5. The van der Waals surface area contributed by atoms with Crippen molar-refractivity contribution in [3.8, 4) is 0 Å². The zero-order valence-corrected chi connectivity index (χ0v) is 20.1. The molecule has 2 aromatic rings. The van der Waals surface area contributed by atoms with Gasteiger partial charge in [-0.1, -0.05) is 12.1 Å². The highest BCUT2D eigenvalue weighted by molar-refractivity contribution is 7.89. The number of carbonyl (C=O) groups is 1. The Hall–Kier alpha value is -2.46. The van der Waals surface area contributed by atoms with Crippen LogP contribution in [0.15, 0.2) is 41.3 Å². The number of morpholine rings is 2. The second-order valence-electron chi connectivity index (χ2n) is 8.90. The zero-order valence-electron chi connectivity index (χ0n) is 19.3. The average molecular weight is 486 g/mol. The Balaban J connectivity index is 1.50. The van der Waals surface area contributed by atoms with Crippen molar-refractivity contribution in [2.45, 2.75) is 30.6 Å². The molecule has 182 valence electrons. The molecule has 5 rings (SSSR count). The van der Waals surface area contributed by atoms with Crippen molar-refractivity contribution in [3.63, 3.8) is 0 Å². The number of ether oxygens (including phenoxy) is 2. The lowest BCUT2D eigenvalue weighted by Crippen LogP contribution is -2.41. The number of nitrogens with one attached hydrogen (secondary N) is 1. The maximum Gasteiger partial charge on any atom is 0.257 e. The lowest BCUT2D eigenvalue weighted by atomic mass is 9.90. The first-order chi connectivity index (χ1) is 16.5. The fraction of sp³-hybridized carbons (Fsp3) is 0.480. The molecule has 2 saturated heterocycles. The number of fused-ring (bicyclic) bond motifs is 1. The van der Waals surface area contributed by atoms with E-state index in [1.54, 1.807) is 12.1 Å². The van der Waals surface area contributed by atoms with Crippen LogP contribution in [0.2, 0.25) is 0 Å². The number of hydrogen-bond acceptors (Lipinski definition) is 6. The van der Waals surface area contributed by atoms with Crippen LogP contribution in [0.25, 0.3) is 0 Å². The van der Waals surface area contributed by atoms with Crippen LogP contribution in [0.3, 0.4) is 0 Å². The molecule has 0 bridgehead atoms. The van der Waals surface area contributed by atoms with Gasteiger partial charge in [-0.25, -0.2) is 8.42 Å². The summed E-state index contributed by atoms with van der Waals surface area (Å²) in [6.45, 7) is 3.81. The third-order valence-corrected chi connectivity index (χ3v) is 8.71. The number of hydrogen-bond donors (Lipinski definition) is 1. The fourth-order valence-electron chi connectivity index (χ4n) is 4.96. The summed E-state index contributed by atoms with van der Waals surface area (Å²) >= 11 is 0. The number of benzene rings is 2. The Labute approximate surface area is 200 Å². The van der Waals surface area contributed by atoms with Gasteiger partial charge in [-0.3, -0.25) is 4.79 Å². The molecule has 3 aliphatic rings. The number of rotatable bonds is 5. The lowest BCUT2D eigenvalue weighted by Gasteiger charge is -2.31. The van der Waals surface area contributed by atoms with E-state index in [0.717, 1.165) is 37.1 Å². The summed E-state index contributed by atoms with van der Waals surface area (Å²) in [5.74, 6) is -0.292. The Morgan fingerprint density at radius 2 is 1.59 bits per heavy atom. The van der Waals surface area contributed by atoms with Crippen LogP contribution in [0, 0.1) is 0 Å². The highest BCUT2D eigenvalue weighted by atomic mass is 32.2. The van der Waals surface area contributed by atoms with E-state index >= 15 is 0 Å². The van der Waals surface area contributed by atoms with Gasteiger partial charge in [0, 0.05) is 37.6 Å². The van der Waals surface area contributed by atoms with Gasteiger partial charge in [0.1, 0.15) is 0 Å². The summed E-state index contributed by atoms with van der Waals surface area (Å²) in [6.07, 6.45) is 4.22. The second-order valence-corrected chi connectivity index (χ2v) is 10.8. The summed E-state index contributed by atoms with van der Waals surface area (Å²) in [6, 6.07) is 10.9. The van der Waals surface area contributed by atoms with E-state index in [-0.39, 0.29) is 10.8 Å². The van der Waals surface area contributed by atoms with Crippen LogP contribution >= 0.6 is 0 Å². The Bertz CT molecular complexity index is 1160. The molecular weight excluding hydrogens is 454 g/mol. The van der Waals surface area contributed by atoms with Gasteiger partial charge in [0.2, 0.25) is 10.0 Å². The van der Waals surface area contributed by atoms with Crippen molar-refractivity contribution in [1.29, 1.82) is 0 Å². The van der Waals surface area contributed by atoms with Gasteiger partial charge in [-0.05, 0) is 61.1 Å². The molecule has 0 atom stereocenters. The Morgan fingerprint density at radius 1 is 0.882 bits per heavy atom. The molecule has 0 unspecified atom stereocenters. The van der Waals surface area contributed by atoms with E-state index in [1.165, 1.54) is 21.5 Å². The molecule has 2 fully saturated rings. The first kappa shape index (κ1) is 23.3. The molecule has 0 radical (unpaired) electrons. The van der Waals surface area contributed by atoms with Gasteiger partial charge >= 0.3 is 0 Å². The molecule has 2 aromatic carbocycles. The SMILES string of the molecule is O=C(Nc1cccc2c1CCCC2)c1cc(S(=O)(=O)N2CCOCC2)ccc1N1CCOCC1. The molecule has 1 amide bonds. The Morgan fingerprint density at radius 3 is 2.35 bits per heavy atom. The second kappa shape index (κ2) is 10.0. The molecular formula is C25H31N3O5S. The molecule has 8 nitrogen and oxygen atoms in total. The summed E-state index contributed by atoms with van der Waals surface area (Å²) in [4.78, 5) is 15.8. The van der Waals surface area contributed by atoms with Crippen molar-refractivity contribution in [3.05, 3.63) is 53.1 Å². The number of anilines is 2. The van der Waals surface area contributed by atoms with Crippen LogP contribution in [0.1, 0.15) is 34.3 Å². The van der Waals surface area contributed by atoms with E-state index in [9.17, 15) is 13.2 Å². The molecule has 34 heavy (non-hydrogen) atoms. The number of aryl methyl sites for hydroxylation is 1. The summed E-state index contributed by atoms with van der Waals surface area (Å²) in [5.41, 5.74) is 4.38. The topological polar surface area (TPSA) is 88.2 Å². The van der Waals surface area contributed by atoms with Gasteiger partial charge in [0.15, 0.2) is 0 Å². The molecule has 0 spiro atoms. The largest absolute Gasteiger partial charge is 0.379 e. The first-order valence-corrected chi connectivity index (χ1v) is 13.4. The minimum Gasteiger partial charge on any atom is -0.379 e. The third-order valence-electron chi connectivity index (χ3n) is 6.82. The van der Waals surface area contributed by atoms with Gasteiger partial charge in [0.25, 0.3) is 5.91 Å². The predicted octanol–water partition coefficient (Wildman–Crippen LogP) is 2.68. The van der Waals surface area contributed by atoms with Crippen molar-refractivity contribution >= 4 is 27.3 Å². The average Bonchev–Trinajstić information content (AvgIpc) is 2.89. The van der Waals surface area contributed by atoms with Gasteiger partial charge in [0.05, 0.1) is 36.9 Å². The lowest BCUT2D eigenvalue weighted by molar-refractivity contribution is 0.0730. The van der Waals surface area contributed by atoms with Crippen LogP contribution in [-0.2, 0) is 32.3 Å². The molecule has 2 heterocycles. The van der Waals surface area contributed by atoms with Crippen LogP contribution in [-0.4, -0.2) is 71.2 Å². The van der Waals surface area contributed by atoms with Crippen molar-refractivity contribution in [1.82, 2.24) is 4.31 Å². The van der Waals surface area contributed by atoms with Crippen LogP contribution in [0.4, 0.5) is 11.4 Å². The van der Waals surface area contributed by atoms with E-state index in [0.29, 0.717) is 58.2 Å². The summed E-state index contributed by atoms with van der Waals surface area (Å²) in [5, 5.41) is 3.10. The number of sulfonamides is 1. The van der Waals surface area contributed by atoms with Gasteiger partial charge in [-0.2, -0.15) is 4.31 Å². The highest BCUT2D eigenvalue weighted by Crippen LogP contribution is 2.31. The quantitative estimate of drug-likeness (QED) is 0.701. The van der Waals surface area contributed by atoms with Gasteiger partial charge in [-0.15, -0.1) is 0 Å². The number of carbonyl (C=O) groups excluding carboxylic acids is 1. The minimum atomic E-state index is -3.72. The van der Waals surface area contributed by atoms with E-state index in [1.807, 2.05) is 12.1 Å². The number of nitrogens with zero attached hydrogens (tertiary/aromatic N) is 2. The van der Waals surface area contributed by atoms with Crippen LogP contribution < -0.4 is 10.2 Å². The minimum absolute atomic E-state index is 0.131. The molecule has 9 heteroatoms. The maximum atomic E-state index is 13.6. The Kier molecular flexibility index (Phi) is 6.87. The molecule has 1 N–H and O–H groups in total. The summed E-state index contributed by atoms with van der Waals surface area (Å²) < 4.78 is 38.8. The molecule has 0 aromatic heterocycles. The number of amides is 1. The van der Waals surface area contributed by atoms with E-state index in [2.05, 4.69) is 16.3 Å². The van der Waals surface area contributed by atoms with Gasteiger partial charge < -0.3 is 19.7 Å². The first-order valence-electron chi connectivity index (χ1n) is 12.0. The zero-order chi connectivity index (χ0) is 23.5. The maximum absolute atomic E-state index is 13.6. The smallest absolute Gasteiger partial charge is 0.257 e. The fourth-order valence-corrected chi connectivity index (χ4v) is 6.40. The predicted molar refractivity (Wildman–Crippen MR) is 130 cm³/mol. The standard InChI is InChI=1S/C25H31N3O5S/c29-25(26-23-7-3-5-19-4-1-2-6-21(19)23)22-18-20(34(30,31)28-12-16-33-17-13-28)8-9-24(22)27-10-14-32-15-11-27/h3,5,7-9,18H,1-2,4,6,10-17H2,(H,26,29). The molecule has 1 aliphatic carbocycles. The highest BCUT2D eigenvalue weighted by Gasteiger charge is 2.29. The van der Waals surface area contributed by atoms with Crippen LogP contribution in [0.5, 0.6) is 0 Å². The summed E-state index contributed by atoms with van der Waals surface area (Å²) in [7, 11) is -3.72. The van der Waals surface area contributed by atoms with E-state index < -0.39 is 10.0 Å². The molecule has 0 saturated carbocycles. The van der Waals surface area contributed by atoms with Crippen molar-refractivity contribution in [2.75, 3.05) is 62.8 Å².